The second-order valence-electron chi connectivity index (χ2n) is 3.05. The number of nitrogens with one attached hydrogen (secondary N) is 1. The summed E-state index contributed by atoms with van der Waals surface area (Å²) >= 11 is 11.1. The summed E-state index contributed by atoms with van der Waals surface area (Å²) in [6.07, 6.45) is 3.15. The minimum absolute atomic E-state index is 0.0276. The highest BCUT2D eigenvalue weighted by Gasteiger charge is 2.17. The Morgan fingerprint density at radius 1 is 1.35 bits per heavy atom. The van der Waals surface area contributed by atoms with E-state index >= 15 is 0 Å². The highest BCUT2D eigenvalue weighted by Crippen LogP contribution is 2.21. The number of benzene rings is 1. The standard InChI is InChI=1S/C10H10Cl2FNO2S/c11-5-1-2-6-14-17(15,16)10-7-8(13)3-4-9(10)12/h1-4,7,14H,5-6H2/b2-1+. The van der Waals surface area contributed by atoms with E-state index in [-0.39, 0.29) is 16.5 Å². The van der Waals surface area contributed by atoms with Crippen molar-refractivity contribution in [1.82, 2.24) is 4.72 Å². The molecule has 0 saturated carbocycles. The van der Waals surface area contributed by atoms with Crippen LogP contribution in [0.15, 0.2) is 35.2 Å². The fourth-order valence-corrected chi connectivity index (χ4v) is 2.68. The summed E-state index contributed by atoms with van der Waals surface area (Å²) in [5.74, 6) is -0.367. The lowest BCUT2D eigenvalue weighted by molar-refractivity contribution is 0.581. The molecule has 94 valence electrons. The zero-order valence-corrected chi connectivity index (χ0v) is 11.0. The summed E-state index contributed by atoms with van der Waals surface area (Å²) in [7, 11) is -3.81. The van der Waals surface area contributed by atoms with E-state index in [0.717, 1.165) is 12.1 Å². The lowest BCUT2D eigenvalue weighted by Gasteiger charge is -2.06. The van der Waals surface area contributed by atoms with Gasteiger partial charge in [-0.25, -0.2) is 17.5 Å². The number of alkyl halides is 1. The maximum absolute atomic E-state index is 12.9. The largest absolute Gasteiger partial charge is 0.242 e. The Morgan fingerprint density at radius 2 is 2.06 bits per heavy atom. The summed E-state index contributed by atoms with van der Waals surface area (Å²) < 4.78 is 38.7. The third-order valence-electron chi connectivity index (χ3n) is 1.83. The van der Waals surface area contributed by atoms with Crippen molar-refractivity contribution in [2.75, 3.05) is 12.4 Å². The third kappa shape index (κ3) is 4.27. The molecule has 0 saturated heterocycles. The molecule has 0 bridgehead atoms. The molecule has 0 fully saturated rings. The van der Waals surface area contributed by atoms with Crippen molar-refractivity contribution in [3.63, 3.8) is 0 Å². The molecular weight excluding hydrogens is 288 g/mol. The van der Waals surface area contributed by atoms with Gasteiger partial charge >= 0.3 is 0 Å². The third-order valence-corrected chi connectivity index (χ3v) is 3.91. The molecule has 0 aliphatic rings. The van der Waals surface area contributed by atoms with Crippen LogP contribution in [0.1, 0.15) is 0 Å². The molecule has 0 aliphatic carbocycles. The Labute approximate surface area is 109 Å². The highest BCUT2D eigenvalue weighted by molar-refractivity contribution is 7.89. The van der Waals surface area contributed by atoms with E-state index in [1.54, 1.807) is 12.2 Å². The quantitative estimate of drug-likeness (QED) is 0.671. The zero-order valence-electron chi connectivity index (χ0n) is 8.66. The minimum Gasteiger partial charge on any atom is -0.207 e. The van der Waals surface area contributed by atoms with Crippen LogP contribution in [0, 0.1) is 5.82 Å². The van der Waals surface area contributed by atoms with Gasteiger partial charge < -0.3 is 0 Å². The van der Waals surface area contributed by atoms with Gasteiger partial charge in [-0.2, -0.15) is 0 Å². The molecule has 0 heterocycles. The molecule has 0 aliphatic heterocycles. The van der Waals surface area contributed by atoms with Gasteiger partial charge in [-0.1, -0.05) is 23.8 Å². The minimum atomic E-state index is -3.81. The summed E-state index contributed by atoms with van der Waals surface area (Å²) in [5.41, 5.74) is 0. The Balaban J connectivity index is 2.89. The molecule has 1 aromatic rings. The van der Waals surface area contributed by atoms with Crippen LogP contribution in [0.3, 0.4) is 0 Å². The van der Waals surface area contributed by atoms with E-state index in [2.05, 4.69) is 4.72 Å². The average molecular weight is 298 g/mol. The van der Waals surface area contributed by atoms with Gasteiger partial charge in [-0.3, -0.25) is 0 Å². The van der Waals surface area contributed by atoms with Crippen LogP contribution >= 0.6 is 23.2 Å². The fraction of sp³-hybridized carbons (Fsp3) is 0.200. The molecule has 1 N–H and O–H groups in total. The van der Waals surface area contributed by atoms with Crippen molar-refractivity contribution in [2.45, 2.75) is 4.90 Å². The second-order valence-corrected chi connectivity index (χ2v) is 5.50. The van der Waals surface area contributed by atoms with Crippen molar-refractivity contribution in [3.8, 4) is 0 Å². The molecule has 0 amide bonds. The topological polar surface area (TPSA) is 46.2 Å². The predicted octanol–water partition coefficient (Wildman–Crippen LogP) is 2.55. The molecule has 0 radical (unpaired) electrons. The lowest BCUT2D eigenvalue weighted by Crippen LogP contribution is -2.24. The highest BCUT2D eigenvalue weighted by atomic mass is 35.5. The first-order valence-corrected chi connectivity index (χ1v) is 7.02. The summed E-state index contributed by atoms with van der Waals surface area (Å²) in [4.78, 5) is -0.279. The molecule has 1 aromatic carbocycles. The van der Waals surface area contributed by atoms with Crippen LogP contribution in [-0.4, -0.2) is 20.8 Å². The lowest BCUT2D eigenvalue weighted by atomic mass is 10.3. The van der Waals surface area contributed by atoms with Crippen molar-refractivity contribution < 1.29 is 12.8 Å². The number of allylic oxidation sites excluding steroid dienone is 1. The van der Waals surface area contributed by atoms with E-state index in [1.807, 2.05) is 0 Å². The molecule has 0 unspecified atom stereocenters. The first kappa shape index (κ1) is 14.4. The molecule has 1 rings (SSSR count). The summed E-state index contributed by atoms with van der Waals surface area (Å²) in [6.45, 7) is 0.0713. The van der Waals surface area contributed by atoms with E-state index < -0.39 is 15.8 Å². The summed E-state index contributed by atoms with van der Waals surface area (Å²) in [6, 6.07) is 3.16. The van der Waals surface area contributed by atoms with Gasteiger partial charge in [0.1, 0.15) is 10.7 Å². The monoisotopic (exact) mass is 297 g/mol. The van der Waals surface area contributed by atoms with Crippen LogP contribution in [0.2, 0.25) is 5.02 Å². The molecule has 0 spiro atoms. The Bertz CT molecular complexity index is 517. The molecule has 7 heteroatoms. The molecule has 17 heavy (non-hydrogen) atoms. The zero-order chi connectivity index (χ0) is 12.9. The van der Waals surface area contributed by atoms with Crippen LogP contribution in [-0.2, 0) is 10.0 Å². The van der Waals surface area contributed by atoms with E-state index in [1.165, 1.54) is 6.07 Å². The van der Waals surface area contributed by atoms with E-state index in [0.29, 0.717) is 5.88 Å². The van der Waals surface area contributed by atoms with Crippen molar-refractivity contribution in [3.05, 3.63) is 41.2 Å². The Hall–Kier alpha value is -0.620. The first-order valence-electron chi connectivity index (χ1n) is 4.63. The first-order chi connectivity index (χ1) is 7.97. The van der Waals surface area contributed by atoms with Gasteiger partial charge in [0.15, 0.2) is 0 Å². The number of halogens is 3. The van der Waals surface area contributed by atoms with Crippen molar-refractivity contribution >= 4 is 33.2 Å². The summed E-state index contributed by atoms with van der Waals surface area (Å²) in [5, 5.41) is -0.0276. The number of rotatable bonds is 5. The average Bonchev–Trinajstić information content (AvgIpc) is 2.28. The van der Waals surface area contributed by atoms with Crippen molar-refractivity contribution in [1.29, 1.82) is 0 Å². The van der Waals surface area contributed by atoms with E-state index in [4.69, 9.17) is 23.2 Å². The second kappa shape index (κ2) is 6.35. The molecular formula is C10H10Cl2FNO2S. The van der Waals surface area contributed by atoms with Crippen LogP contribution in [0.25, 0.3) is 0 Å². The van der Waals surface area contributed by atoms with Crippen molar-refractivity contribution in [2.24, 2.45) is 0 Å². The number of hydrogen-bond donors (Lipinski definition) is 1. The van der Waals surface area contributed by atoms with Crippen LogP contribution < -0.4 is 4.72 Å². The van der Waals surface area contributed by atoms with Gasteiger partial charge in [-0.05, 0) is 18.2 Å². The fourth-order valence-electron chi connectivity index (χ4n) is 1.07. The van der Waals surface area contributed by atoms with Crippen LogP contribution in [0.5, 0.6) is 0 Å². The van der Waals surface area contributed by atoms with E-state index in [9.17, 15) is 12.8 Å². The maximum Gasteiger partial charge on any atom is 0.242 e. The molecule has 0 aromatic heterocycles. The van der Waals surface area contributed by atoms with Crippen LogP contribution in [0.4, 0.5) is 4.39 Å². The number of sulfonamides is 1. The van der Waals surface area contributed by atoms with Gasteiger partial charge in [0.25, 0.3) is 0 Å². The Morgan fingerprint density at radius 3 is 2.71 bits per heavy atom. The maximum atomic E-state index is 12.9. The normalized spacial score (nSPS) is 12.2. The Kier molecular flexibility index (Phi) is 5.39. The number of hydrogen-bond acceptors (Lipinski definition) is 2. The SMILES string of the molecule is O=S(=O)(NC/C=C/CCl)c1cc(F)ccc1Cl. The smallest absolute Gasteiger partial charge is 0.207 e. The van der Waals surface area contributed by atoms with Gasteiger partial charge in [0.2, 0.25) is 10.0 Å². The van der Waals surface area contributed by atoms with Gasteiger partial charge in [0.05, 0.1) is 5.02 Å². The van der Waals surface area contributed by atoms with Gasteiger partial charge in [-0.15, -0.1) is 11.6 Å². The van der Waals surface area contributed by atoms with Gasteiger partial charge in [0, 0.05) is 12.4 Å². The predicted molar refractivity (Wildman–Crippen MR) is 66.5 cm³/mol. The molecule has 3 nitrogen and oxygen atoms in total. The molecule has 0 atom stereocenters.